The van der Waals surface area contributed by atoms with Gasteiger partial charge in [0.1, 0.15) is 5.56 Å². The molecule has 18 heavy (non-hydrogen) atoms. The number of amides is 1. The maximum Gasteiger partial charge on any atom is 0.261 e. The largest absolute Gasteiger partial charge is 0.360 e. The number of pyridine rings is 1. The van der Waals surface area contributed by atoms with Crippen LogP contribution in [0.3, 0.4) is 0 Å². The van der Waals surface area contributed by atoms with Gasteiger partial charge in [-0.2, -0.15) is 0 Å². The fraction of sp³-hybridized carbons (Fsp3) is 0.308. The van der Waals surface area contributed by atoms with Crippen LogP contribution in [0, 0.1) is 6.92 Å². The van der Waals surface area contributed by atoms with Gasteiger partial charge in [-0.15, -0.1) is 0 Å². The van der Waals surface area contributed by atoms with E-state index in [2.05, 4.69) is 15.5 Å². The van der Waals surface area contributed by atoms with Crippen LogP contribution >= 0.6 is 0 Å². The molecule has 0 spiro atoms. The molecule has 0 fully saturated rings. The Bertz CT molecular complexity index is 547. The maximum absolute atomic E-state index is 12.2. The number of nitrogens with zero attached hydrogens (tertiary/aromatic N) is 2. The van der Waals surface area contributed by atoms with Crippen molar-refractivity contribution in [3.8, 4) is 0 Å². The molecule has 0 saturated heterocycles. The van der Waals surface area contributed by atoms with Gasteiger partial charge in [0.25, 0.3) is 5.91 Å². The number of nitrogens with one attached hydrogen (secondary N) is 1. The lowest BCUT2D eigenvalue weighted by Gasteiger charge is -2.06. The molecule has 0 unspecified atom stereocenters. The average molecular weight is 245 g/mol. The molecule has 2 rings (SSSR count). The Balaban J connectivity index is 2.27. The quantitative estimate of drug-likeness (QED) is 0.902. The van der Waals surface area contributed by atoms with Crippen molar-refractivity contribution in [1.29, 1.82) is 0 Å². The van der Waals surface area contributed by atoms with Crippen LogP contribution in [0.4, 0.5) is 5.69 Å². The van der Waals surface area contributed by atoms with Gasteiger partial charge in [0.05, 0.1) is 5.69 Å². The third kappa shape index (κ3) is 2.40. The Hall–Kier alpha value is -2.17. The Morgan fingerprint density at radius 3 is 2.61 bits per heavy atom. The fourth-order valence-corrected chi connectivity index (χ4v) is 1.69. The van der Waals surface area contributed by atoms with Crippen LogP contribution in [0.2, 0.25) is 0 Å². The maximum atomic E-state index is 12.2. The van der Waals surface area contributed by atoms with Gasteiger partial charge in [0.15, 0.2) is 5.76 Å². The van der Waals surface area contributed by atoms with Crippen LogP contribution in [0.15, 0.2) is 29.0 Å². The van der Waals surface area contributed by atoms with Crippen molar-refractivity contribution in [2.75, 3.05) is 5.32 Å². The lowest BCUT2D eigenvalue weighted by molar-refractivity contribution is 0.102. The zero-order valence-electron chi connectivity index (χ0n) is 10.6. The highest BCUT2D eigenvalue weighted by Crippen LogP contribution is 2.23. The van der Waals surface area contributed by atoms with Crippen molar-refractivity contribution in [2.45, 2.75) is 26.7 Å². The molecule has 1 N–H and O–H groups in total. The van der Waals surface area contributed by atoms with E-state index in [1.165, 1.54) is 0 Å². The number of carbonyl (C=O) groups excluding carboxylic acids is 1. The number of hydrogen-bond acceptors (Lipinski definition) is 4. The Labute approximate surface area is 105 Å². The fourth-order valence-electron chi connectivity index (χ4n) is 1.69. The third-order valence-electron chi connectivity index (χ3n) is 2.58. The van der Waals surface area contributed by atoms with Crippen LogP contribution in [0.25, 0.3) is 0 Å². The summed E-state index contributed by atoms with van der Waals surface area (Å²) in [6, 6.07) is 3.46. The van der Waals surface area contributed by atoms with Crippen molar-refractivity contribution < 1.29 is 9.32 Å². The van der Waals surface area contributed by atoms with Gasteiger partial charge in [-0.3, -0.25) is 9.78 Å². The van der Waals surface area contributed by atoms with E-state index in [1.807, 2.05) is 13.8 Å². The highest BCUT2D eigenvalue weighted by Gasteiger charge is 2.22. The van der Waals surface area contributed by atoms with E-state index in [1.54, 1.807) is 31.5 Å². The zero-order chi connectivity index (χ0) is 13.1. The highest BCUT2D eigenvalue weighted by molar-refractivity contribution is 6.05. The first kappa shape index (κ1) is 12.3. The summed E-state index contributed by atoms with van der Waals surface area (Å²) < 4.78 is 5.19. The molecule has 5 heteroatoms. The summed E-state index contributed by atoms with van der Waals surface area (Å²) in [7, 11) is 0. The van der Waals surface area contributed by atoms with E-state index in [9.17, 15) is 4.79 Å². The topological polar surface area (TPSA) is 68.0 Å². The molecule has 0 radical (unpaired) electrons. The normalized spacial score (nSPS) is 10.7. The SMILES string of the molecule is Cc1noc(C(C)C)c1C(=O)Nc1ccncc1. The van der Waals surface area contributed by atoms with Gasteiger partial charge >= 0.3 is 0 Å². The Morgan fingerprint density at radius 1 is 1.33 bits per heavy atom. The summed E-state index contributed by atoms with van der Waals surface area (Å²) in [4.78, 5) is 16.1. The lowest BCUT2D eigenvalue weighted by atomic mass is 10.0. The molecule has 0 aliphatic rings. The van der Waals surface area contributed by atoms with Crippen molar-refractivity contribution in [3.63, 3.8) is 0 Å². The first-order valence-corrected chi connectivity index (χ1v) is 5.77. The summed E-state index contributed by atoms with van der Waals surface area (Å²) in [5.74, 6) is 0.520. The minimum Gasteiger partial charge on any atom is -0.360 e. The van der Waals surface area contributed by atoms with Gasteiger partial charge in [0.2, 0.25) is 0 Å². The number of aryl methyl sites for hydroxylation is 1. The molecule has 2 aromatic heterocycles. The van der Waals surface area contributed by atoms with Crippen LogP contribution in [-0.2, 0) is 0 Å². The third-order valence-corrected chi connectivity index (χ3v) is 2.58. The van der Waals surface area contributed by atoms with Crippen molar-refractivity contribution >= 4 is 11.6 Å². The standard InChI is InChI=1S/C13H15N3O2/c1-8(2)12-11(9(3)16-18-12)13(17)15-10-4-6-14-7-5-10/h4-8H,1-3H3,(H,14,15,17). The van der Waals surface area contributed by atoms with E-state index < -0.39 is 0 Å². The molecule has 2 aromatic rings. The van der Waals surface area contributed by atoms with Gasteiger partial charge in [0, 0.05) is 24.0 Å². The number of aromatic nitrogens is 2. The molecule has 1 amide bonds. The molecule has 0 saturated carbocycles. The zero-order valence-corrected chi connectivity index (χ0v) is 10.6. The van der Waals surface area contributed by atoms with Gasteiger partial charge in [-0.05, 0) is 19.1 Å². The highest BCUT2D eigenvalue weighted by atomic mass is 16.5. The van der Waals surface area contributed by atoms with Gasteiger partial charge < -0.3 is 9.84 Å². The molecule has 0 atom stereocenters. The lowest BCUT2D eigenvalue weighted by Crippen LogP contribution is -2.14. The molecule has 0 aliphatic carbocycles. The molecule has 94 valence electrons. The Morgan fingerprint density at radius 2 is 2.00 bits per heavy atom. The molecule has 0 aromatic carbocycles. The summed E-state index contributed by atoms with van der Waals surface area (Å²) in [6.45, 7) is 5.68. The second-order valence-electron chi connectivity index (χ2n) is 4.35. The van der Waals surface area contributed by atoms with E-state index in [0.717, 1.165) is 0 Å². The molecule has 0 bridgehead atoms. The number of anilines is 1. The predicted octanol–water partition coefficient (Wildman–Crippen LogP) is 2.75. The molecular formula is C13H15N3O2. The Kier molecular flexibility index (Phi) is 3.41. The van der Waals surface area contributed by atoms with Crippen LogP contribution in [-0.4, -0.2) is 16.0 Å². The first-order chi connectivity index (χ1) is 8.59. The minimum absolute atomic E-state index is 0.115. The van der Waals surface area contributed by atoms with Crippen molar-refractivity contribution in [3.05, 3.63) is 41.5 Å². The number of hydrogen-bond donors (Lipinski definition) is 1. The second-order valence-corrected chi connectivity index (χ2v) is 4.35. The van der Waals surface area contributed by atoms with Crippen LogP contribution in [0.1, 0.15) is 41.6 Å². The summed E-state index contributed by atoms with van der Waals surface area (Å²) in [6.07, 6.45) is 3.25. The van der Waals surface area contributed by atoms with E-state index in [0.29, 0.717) is 22.7 Å². The van der Waals surface area contributed by atoms with Crippen molar-refractivity contribution in [2.24, 2.45) is 0 Å². The molecular weight excluding hydrogens is 230 g/mol. The number of rotatable bonds is 3. The smallest absolute Gasteiger partial charge is 0.261 e. The monoisotopic (exact) mass is 245 g/mol. The van der Waals surface area contributed by atoms with Crippen LogP contribution in [0.5, 0.6) is 0 Å². The minimum atomic E-state index is -0.205. The second kappa shape index (κ2) is 5.00. The summed E-state index contributed by atoms with van der Waals surface area (Å²) >= 11 is 0. The molecule has 2 heterocycles. The van der Waals surface area contributed by atoms with Crippen molar-refractivity contribution in [1.82, 2.24) is 10.1 Å². The molecule has 5 nitrogen and oxygen atoms in total. The average Bonchev–Trinajstić information content (AvgIpc) is 2.72. The van der Waals surface area contributed by atoms with Crippen LogP contribution < -0.4 is 5.32 Å². The van der Waals surface area contributed by atoms with Gasteiger partial charge in [-0.25, -0.2) is 0 Å². The summed E-state index contributed by atoms with van der Waals surface area (Å²) in [5, 5.41) is 6.65. The predicted molar refractivity (Wildman–Crippen MR) is 67.5 cm³/mol. The number of carbonyl (C=O) groups is 1. The van der Waals surface area contributed by atoms with E-state index in [-0.39, 0.29) is 11.8 Å². The first-order valence-electron chi connectivity index (χ1n) is 5.77. The van der Waals surface area contributed by atoms with E-state index >= 15 is 0 Å². The van der Waals surface area contributed by atoms with Gasteiger partial charge in [-0.1, -0.05) is 19.0 Å². The molecule has 0 aliphatic heterocycles. The van der Waals surface area contributed by atoms with E-state index in [4.69, 9.17) is 4.52 Å². The summed E-state index contributed by atoms with van der Waals surface area (Å²) in [5.41, 5.74) is 1.82.